The summed E-state index contributed by atoms with van der Waals surface area (Å²) in [6.45, 7) is 2.12. The quantitative estimate of drug-likeness (QED) is 0.284. The van der Waals surface area contributed by atoms with E-state index in [2.05, 4.69) is 4.74 Å². The van der Waals surface area contributed by atoms with Crippen LogP contribution in [0.5, 0.6) is 0 Å². The zero-order chi connectivity index (χ0) is 9.94. The topological polar surface area (TPSA) is 50.1 Å². The molecule has 0 unspecified atom stereocenters. The molecule has 68 valence electrons. The van der Waals surface area contributed by atoms with Crippen LogP contribution in [0.25, 0.3) is 0 Å². The van der Waals surface area contributed by atoms with Crippen LogP contribution in [0.15, 0.2) is 36.5 Å². The van der Waals surface area contributed by atoms with Crippen molar-refractivity contribution >= 4 is 5.97 Å². The van der Waals surface area contributed by atoms with E-state index in [0.29, 0.717) is 6.61 Å². The molecule has 13 heavy (non-hydrogen) atoms. The van der Waals surface area contributed by atoms with Crippen LogP contribution >= 0.6 is 0 Å². The molecule has 0 spiro atoms. The minimum Gasteiger partial charge on any atom is -0.463 e. The Balaban J connectivity index is 3.75. The second-order valence-electron chi connectivity index (χ2n) is 1.98. The second kappa shape index (κ2) is 8.28. The second-order valence-corrected chi connectivity index (χ2v) is 1.98. The highest BCUT2D eigenvalue weighted by Gasteiger charge is 1.89. The first-order chi connectivity index (χ1) is 6.31. The molecule has 0 heterocycles. The van der Waals surface area contributed by atoms with Crippen molar-refractivity contribution in [3.63, 3.8) is 0 Å². The van der Waals surface area contributed by atoms with E-state index in [4.69, 9.17) is 5.26 Å². The number of rotatable bonds is 4. The molecule has 3 nitrogen and oxygen atoms in total. The third kappa shape index (κ3) is 8.08. The van der Waals surface area contributed by atoms with E-state index < -0.39 is 0 Å². The summed E-state index contributed by atoms with van der Waals surface area (Å²) < 4.78 is 4.64. The summed E-state index contributed by atoms with van der Waals surface area (Å²) in [7, 11) is 0. The molecule has 0 aromatic rings. The van der Waals surface area contributed by atoms with E-state index in [9.17, 15) is 4.79 Å². The molecule has 0 saturated heterocycles. The minimum absolute atomic E-state index is 0.364. The van der Waals surface area contributed by atoms with Gasteiger partial charge in [0.2, 0.25) is 0 Å². The molecule has 0 aliphatic rings. The number of hydrogen-bond donors (Lipinski definition) is 0. The lowest BCUT2D eigenvalue weighted by molar-refractivity contribution is -0.137. The molecule has 0 aromatic heterocycles. The molecular weight excluding hydrogens is 166 g/mol. The molecule has 0 aliphatic heterocycles. The molecule has 3 heteroatoms. The van der Waals surface area contributed by atoms with Crippen molar-refractivity contribution < 1.29 is 9.53 Å². The van der Waals surface area contributed by atoms with E-state index in [1.807, 2.05) is 6.07 Å². The molecule has 0 rings (SSSR count). The number of esters is 1. The maximum absolute atomic E-state index is 10.7. The first-order valence-electron chi connectivity index (χ1n) is 3.87. The number of carbonyl (C=O) groups excluding carboxylic acids is 1. The summed E-state index contributed by atoms with van der Waals surface area (Å²) >= 11 is 0. The Morgan fingerprint density at radius 1 is 1.38 bits per heavy atom. The van der Waals surface area contributed by atoms with Crippen molar-refractivity contribution in [3.8, 4) is 6.07 Å². The van der Waals surface area contributed by atoms with Gasteiger partial charge in [0.25, 0.3) is 0 Å². The maximum Gasteiger partial charge on any atom is 0.330 e. The van der Waals surface area contributed by atoms with E-state index in [1.165, 1.54) is 12.2 Å². The number of nitrogens with zero attached hydrogens (tertiary/aromatic N) is 1. The van der Waals surface area contributed by atoms with Gasteiger partial charge in [-0.25, -0.2) is 4.79 Å². The SMILES string of the molecule is CCOC(=O)C=CC=CC=CC#N. The van der Waals surface area contributed by atoms with Gasteiger partial charge in [0.05, 0.1) is 12.7 Å². The van der Waals surface area contributed by atoms with Crippen molar-refractivity contribution in [2.75, 3.05) is 6.61 Å². The highest BCUT2D eigenvalue weighted by atomic mass is 16.5. The summed E-state index contributed by atoms with van der Waals surface area (Å²) in [5.41, 5.74) is 0. The van der Waals surface area contributed by atoms with Crippen LogP contribution in [0.4, 0.5) is 0 Å². The van der Waals surface area contributed by atoms with E-state index in [-0.39, 0.29) is 5.97 Å². The first kappa shape index (κ1) is 11.2. The first-order valence-corrected chi connectivity index (χ1v) is 3.87. The van der Waals surface area contributed by atoms with Crippen LogP contribution < -0.4 is 0 Å². The Hall–Kier alpha value is -1.82. The van der Waals surface area contributed by atoms with Crippen LogP contribution in [-0.2, 0) is 9.53 Å². The molecule has 0 radical (unpaired) electrons. The Kier molecular flexibility index (Phi) is 7.12. The zero-order valence-electron chi connectivity index (χ0n) is 7.43. The molecule has 0 fully saturated rings. The van der Waals surface area contributed by atoms with Crippen molar-refractivity contribution in [3.05, 3.63) is 36.5 Å². The van der Waals surface area contributed by atoms with E-state index in [0.717, 1.165) is 0 Å². The fourth-order valence-electron chi connectivity index (χ4n) is 0.551. The number of allylic oxidation sites excluding steroid dienone is 5. The molecule has 0 aromatic carbocycles. The third-order valence-electron chi connectivity index (χ3n) is 1.02. The zero-order valence-corrected chi connectivity index (χ0v) is 7.43. The van der Waals surface area contributed by atoms with Crippen LogP contribution in [-0.4, -0.2) is 12.6 Å². The summed E-state index contributed by atoms with van der Waals surface area (Å²) in [5, 5.41) is 8.12. The molecule has 0 N–H and O–H groups in total. The lowest BCUT2D eigenvalue weighted by atomic mass is 10.4. The van der Waals surface area contributed by atoms with Crippen molar-refractivity contribution in [2.45, 2.75) is 6.92 Å². The molecule has 0 aliphatic carbocycles. The fourth-order valence-corrected chi connectivity index (χ4v) is 0.551. The van der Waals surface area contributed by atoms with Gasteiger partial charge in [-0.2, -0.15) is 5.26 Å². The maximum atomic E-state index is 10.7. The van der Waals surface area contributed by atoms with Crippen LogP contribution in [0.1, 0.15) is 6.92 Å². The normalized spacial score (nSPS) is 11.1. The fraction of sp³-hybridized carbons (Fsp3) is 0.200. The Labute approximate surface area is 77.6 Å². The summed E-state index contributed by atoms with van der Waals surface area (Å²) in [6, 6.07) is 1.84. The monoisotopic (exact) mass is 177 g/mol. The number of carbonyl (C=O) groups is 1. The largest absolute Gasteiger partial charge is 0.463 e. The summed E-state index contributed by atoms with van der Waals surface area (Å²) in [6.07, 6.45) is 9.09. The van der Waals surface area contributed by atoms with Gasteiger partial charge in [0.1, 0.15) is 0 Å². The highest BCUT2D eigenvalue weighted by Crippen LogP contribution is 1.83. The lowest BCUT2D eigenvalue weighted by Gasteiger charge is -1.92. The van der Waals surface area contributed by atoms with Gasteiger partial charge in [-0.05, 0) is 6.92 Å². The predicted octanol–water partition coefficient (Wildman–Crippen LogP) is 1.74. The Morgan fingerprint density at radius 3 is 2.69 bits per heavy atom. The van der Waals surface area contributed by atoms with Crippen LogP contribution in [0, 0.1) is 11.3 Å². The van der Waals surface area contributed by atoms with E-state index in [1.54, 1.807) is 31.2 Å². The molecular formula is C10H11NO2. The van der Waals surface area contributed by atoms with Gasteiger partial charge in [0.15, 0.2) is 0 Å². The molecule has 0 bridgehead atoms. The predicted molar refractivity (Wildman–Crippen MR) is 49.7 cm³/mol. The van der Waals surface area contributed by atoms with Crippen molar-refractivity contribution in [2.24, 2.45) is 0 Å². The van der Waals surface area contributed by atoms with Gasteiger partial charge in [-0.15, -0.1) is 0 Å². The van der Waals surface area contributed by atoms with E-state index >= 15 is 0 Å². The molecule has 0 saturated carbocycles. The van der Waals surface area contributed by atoms with Gasteiger partial charge in [0, 0.05) is 12.2 Å². The van der Waals surface area contributed by atoms with Crippen molar-refractivity contribution in [1.29, 1.82) is 5.26 Å². The van der Waals surface area contributed by atoms with Gasteiger partial charge >= 0.3 is 5.97 Å². The smallest absolute Gasteiger partial charge is 0.330 e. The van der Waals surface area contributed by atoms with Crippen LogP contribution in [0.2, 0.25) is 0 Å². The van der Waals surface area contributed by atoms with Crippen LogP contribution in [0.3, 0.4) is 0 Å². The number of hydrogen-bond acceptors (Lipinski definition) is 3. The number of ether oxygens (including phenoxy) is 1. The number of nitriles is 1. The van der Waals surface area contributed by atoms with Gasteiger partial charge in [-0.1, -0.05) is 24.3 Å². The molecule has 0 atom stereocenters. The van der Waals surface area contributed by atoms with Gasteiger partial charge in [-0.3, -0.25) is 0 Å². The molecule has 0 amide bonds. The minimum atomic E-state index is -0.364. The summed E-state index contributed by atoms with van der Waals surface area (Å²) in [5.74, 6) is -0.364. The highest BCUT2D eigenvalue weighted by molar-refractivity contribution is 5.82. The average molecular weight is 177 g/mol. The Morgan fingerprint density at radius 2 is 2.08 bits per heavy atom. The lowest BCUT2D eigenvalue weighted by Crippen LogP contribution is -1.98. The summed E-state index contributed by atoms with van der Waals surface area (Å²) in [4.78, 5) is 10.7. The average Bonchev–Trinajstić information content (AvgIpc) is 2.11. The van der Waals surface area contributed by atoms with Crippen molar-refractivity contribution in [1.82, 2.24) is 0 Å². The van der Waals surface area contributed by atoms with Gasteiger partial charge < -0.3 is 4.74 Å². The third-order valence-corrected chi connectivity index (χ3v) is 1.02. The standard InChI is InChI=1S/C10H11NO2/c1-2-13-10(12)8-6-4-3-5-7-9-11/h3-8H,2H2,1H3. The Bertz CT molecular complexity index is 269.